The maximum absolute atomic E-state index is 12.9. The number of benzene rings is 2. The van der Waals surface area contributed by atoms with E-state index in [4.69, 9.17) is 14.2 Å². The Balaban J connectivity index is 1.55. The first-order valence-electron chi connectivity index (χ1n) is 9.60. The van der Waals surface area contributed by atoms with Crippen molar-refractivity contribution in [2.24, 2.45) is 0 Å². The summed E-state index contributed by atoms with van der Waals surface area (Å²) in [5, 5.41) is 3.56. The van der Waals surface area contributed by atoms with Gasteiger partial charge in [-0.2, -0.15) is 0 Å². The van der Waals surface area contributed by atoms with Crippen molar-refractivity contribution in [1.82, 2.24) is 14.5 Å². The molecule has 4 aromatic rings. The van der Waals surface area contributed by atoms with Gasteiger partial charge in [-0.1, -0.05) is 0 Å². The monoisotopic (exact) mass is 422 g/mol. The third-order valence-electron chi connectivity index (χ3n) is 5.03. The number of aromatic nitrogens is 3. The number of carbonyl (C=O) groups is 1. The lowest BCUT2D eigenvalue weighted by atomic mass is 10.2. The molecule has 2 aromatic heterocycles. The van der Waals surface area contributed by atoms with Crippen LogP contribution in [0.2, 0.25) is 0 Å². The molecule has 0 radical (unpaired) electrons. The fourth-order valence-corrected chi connectivity index (χ4v) is 3.40. The van der Waals surface area contributed by atoms with Gasteiger partial charge in [-0.3, -0.25) is 14.2 Å². The maximum Gasteiger partial charge on any atom is 0.277 e. The Morgan fingerprint density at radius 2 is 1.77 bits per heavy atom. The number of hydrogen-bond acceptors (Lipinski definition) is 6. The van der Waals surface area contributed by atoms with Gasteiger partial charge >= 0.3 is 0 Å². The van der Waals surface area contributed by atoms with Crippen LogP contribution in [0.25, 0.3) is 21.9 Å². The van der Waals surface area contributed by atoms with Crippen molar-refractivity contribution < 1.29 is 19.0 Å². The zero-order valence-electron chi connectivity index (χ0n) is 17.4. The Kier molecular flexibility index (Phi) is 5.48. The quantitative estimate of drug-likeness (QED) is 0.474. The number of nitrogens with zero attached hydrogens (tertiary/aromatic N) is 2. The second-order valence-electron chi connectivity index (χ2n) is 6.87. The molecule has 9 nitrogen and oxygen atoms in total. The van der Waals surface area contributed by atoms with Crippen LogP contribution in [0.4, 0.5) is 5.69 Å². The van der Waals surface area contributed by atoms with Gasteiger partial charge in [-0.25, -0.2) is 4.98 Å². The molecule has 0 bridgehead atoms. The minimum atomic E-state index is -0.253. The molecule has 0 aliphatic carbocycles. The molecule has 0 saturated heterocycles. The lowest BCUT2D eigenvalue weighted by Crippen LogP contribution is -2.23. The zero-order chi connectivity index (χ0) is 22.0. The number of hydrogen-bond donors (Lipinski definition) is 2. The number of methoxy groups -OCH3 is 3. The lowest BCUT2D eigenvalue weighted by molar-refractivity contribution is -0.116. The topological polar surface area (TPSA) is 107 Å². The summed E-state index contributed by atoms with van der Waals surface area (Å²) in [5.74, 6) is 1.61. The van der Waals surface area contributed by atoms with Crippen LogP contribution in [-0.2, 0) is 11.3 Å². The molecule has 4 rings (SSSR count). The average Bonchev–Trinajstić information content (AvgIpc) is 3.16. The summed E-state index contributed by atoms with van der Waals surface area (Å²) in [7, 11) is 4.68. The highest BCUT2D eigenvalue weighted by Gasteiger charge is 2.15. The largest absolute Gasteiger partial charge is 0.497 e. The normalized spacial score (nSPS) is 10.9. The van der Waals surface area contributed by atoms with Crippen LogP contribution in [0, 0.1) is 0 Å². The van der Waals surface area contributed by atoms with Crippen molar-refractivity contribution in [2.75, 3.05) is 26.6 Å². The summed E-state index contributed by atoms with van der Waals surface area (Å²) in [4.78, 5) is 32.8. The molecule has 9 heteroatoms. The summed E-state index contributed by atoms with van der Waals surface area (Å²) < 4.78 is 17.2. The molecule has 2 N–H and O–H groups in total. The van der Waals surface area contributed by atoms with Gasteiger partial charge in [0.05, 0.1) is 33.2 Å². The van der Waals surface area contributed by atoms with E-state index >= 15 is 0 Å². The first-order chi connectivity index (χ1) is 15.0. The SMILES string of the molecule is COc1ccc(NC(=O)CCn2cnc3c([nH]c4cc(OC)c(OC)cc43)c2=O)cc1. The first-order valence-corrected chi connectivity index (χ1v) is 9.60. The van der Waals surface area contributed by atoms with E-state index in [0.29, 0.717) is 39.5 Å². The molecule has 0 aliphatic heterocycles. The second kappa shape index (κ2) is 8.39. The molecular weight excluding hydrogens is 400 g/mol. The van der Waals surface area contributed by atoms with Crippen molar-refractivity contribution in [3.8, 4) is 17.2 Å². The van der Waals surface area contributed by atoms with Gasteiger partial charge in [0.2, 0.25) is 5.91 Å². The summed E-state index contributed by atoms with van der Waals surface area (Å²) in [6, 6.07) is 10.6. The van der Waals surface area contributed by atoms with E-state index in [2.05, 4.69) is 15.3 Å². The summed E-state index contributed by atoms with van der Waals surface area (Å²) >= 11 is 0. The smallest absolute Gasteiger partial charge is 0.277 e. The Morgan fingerprint density at radius 3 is 2.45 bits per heavy atom. The number of nitrogens with one attached hydrogen (secondary N) is 2. The van der Waals surface area contributed by atoms with Crippen molar-refractivity contribution in [1.29, 1.82) is 0 Å². The molecule has 0 unspecified atom stereocenters. The third-order valence-corrected chi connectivity index (χ3v) is 5.03. The molecule has 2 aromatic carbocycles. The molecular formula is C22H22N4O5. The van der Waals surface area contributed by atoms with Crippen LogP contribution >= 0.6 is 0 Å². The Morgan fingerprint density at radius 1 is 1.06 bits per heavy atom. The van der Waals surface area contributed by atoms with E-state index < -0.39 is 0 Å². The number of anilines is 1. The highest BCUT2D eigenvalue weighted by molar-refractivity contribution is 6.05. The van der Waals surface area contributed by atoms with E-state index in [9.17, 15) is 9.59 Å². The van der Waals surface area contributed by atoms with Crippen molar-refractivity contribution in [2.45, 2.75) is 13.0 Å². The molecule has 160 valence electrons. The van der Waals surface area contributed by atoms with Gasteiger partial charge in [0.1, 0.15) is 16.8 Å². The molecule has 0 atom stereocenters. The van der Waals surface area contributed by atoms with Crippen LogP contribution < -0.4 is 25.1 Å². The number of H-pyrrole nitrogens is 1. The van der Waals surface area contributed by atoms with E-state index in [1.807, 2.05) is 0 Å². The van der Waals surface area contributed by atoms with Crippen LogP contribution in [0.15, 0.2) is 47.5 Å². The highest BCUT2D eigenvalue weighted by Crippen LogP contribution is 2.34. The molecule has 0 spiro atoms. The number of carbonyl (C=O) groups excluding carboxylic acids is 1. The molecule has 31 heavy (non-hydrogen) atoms. The first kappa shape index (κ1) is 20.3. The average molecular weight is 422 g/mol. The fourth-order valence-electron chi connectivity index (χ4n) is 3.40. The number of fused-ring (bicyclic) bond motifs is 3. The zero-order valence-corrected chi connectivity index (χ0v) is 17.4. The van der Waals surface area contributed by atoms with Crippen molar-refractivity contribution in [3.63, 3.8) is 0 Å². The summed E-state index contributed by atoms with van der Waals surface area (Å²) in [5.41, 5.74) is 2.03. The van der Waals surface area contributed by atoms with Gasteiger partial charge in [-0.05, 0) is 30.3 Å². The van der Waals surface area contributed by atoms with E-state index in [1.54, 1.807) is 57.7 Å². The summed E-state index contributed by atoms with van der Waals surface area (Å²) in [6.07, 6.45) is 1.58. The minimum absolute atomic E-state index is 0.126. The van der Waals surface area contributed by atoms with E-state index in [-0.39, 0.29) is 24.4 Å². The van der Waals surface area contributed by atoms with Crippen LogP contribution in [0.5, 0.6) is 17.2 Å². The number of aromatic amines is 1. The minimum Gasteiger partial charge on any atom is -0.497 e. The Hall–Kier alpha value is -4.01. The second-order valence-corrected chi connectivity index (χ2v) is 6.87. The number of amides is 1. The van der Waals surface area contributed by atoms with E-state index in [1.165, 1.54) is 10.9 Å². The predicted molar refractivity (Wildman–Crippen MR) is 117 cm³/mol. The molecule has 1 amide bonds. The number of aryl methyl sites for hydroxylation is 1. The third kappa shape index (κ3) is 3.89. The van der Waals surface area contributed by atoms with Gasteiger partial charge in [0.25, 0.3) is 5.56 Å². The molecule has 0 aliphatic rings. The fraction of sp³-hybridized carbons (Fsp3) is 0.227. The summed E-state index contributed by atoms with van der Waals surface area (Å²) in [6.45, 7) is 0.200. The Labute approximate surface area is 177 Å². The molecule has 2 heterocycles. The molecule has 0 fully saturated rings. The van der Waals surface area contributed by atoms with Gasteiger partial charge in [-0.15, -0.1) is 0 Å². The maximum atomic E-state index is 12.9. The van der Waals surface area contributed by atoms with E-state index in [0.717, 1.165) is 5.39 Å². The number of rotatable bonds is 7. The molecule has 0 saturated carbocycles. The van der Waals surface area contributed by atoms with Gasteiger partial charge < -0.3 is 24.5 Å². The van der Waals surface area contributed by atoms with Crippen molar-refractivity contribution in [3.05, 3.63) is 53.1 Å². The van der Waals surface area contributed by atoms with Crippen LogP contribution in [0.1, 0.15) is 6.42 Å². The van der Waals surface area contributed by atoms with Crippen LogP contribution in [0.3, 0.4) is 0 Å². The van der Waals surface area contributed by atoms with Gasteiger partial charge in [0, 0.05) is 30.1 Å². The van der Waals surface area contributed by atoms with Crippen molar-refractivity contribution >= 4 is 33.5 Å². The lowest BCUT2D eigenvalue weighted by Gasteiger charge is -2.08. The number of ether oxygens (including phenoxy) is 3. The predicted octanol–water partition coefficient (Wildman–Crippen LogP) is 2.93. The van der Waals surface area contributed by atoms with Crippen LogP contribution in [-0.4, -0.2) is 41.8 Å². The highest BCUT2D eigenvalue weighted by atomic mass is 16.5. The van der Waals surface area contributed by atoms with Gasteiger partial charge in [0.15, 0.2) is 11.5 Å². The standard InChI is InChI=1S/C22H22N4O5/c1-29-14-6-4-13(5-7-14)24-19(27)8-9-26-12-23-20-15-10-17(30-2)18(31-3)11-16(15)25-21(20)22(26)28/h4-7,10-12,25H,8-9H2,1-3H3,(H,24,27). The Bertz CT molecular complexity index is 1310.